The van der Waals surface area contributed by atoms with E-state index in [1.165, 1.54) is 0 Å². The zero-order valence-electron chi connectivity index (χ0n) is 8.37. The Labute approximate surface area is 80.0 Å². The Balaban J connectivity index is 1.88. The quantitative estimate of drug-likeness (QED) is 0.580. The number of nitrogens with two attached hydrogens (primary N) is 1. The van der Waals surface area contributed by atoms with Crippen LogP contribution in [0.15, 0.2) is 0 Å². The van der Waals surface area contributed by atoms with E-state index < -0.39 is 0 Å². The van der Waals surface area contributed by atoms with Crippen molar-refractivity contribution in [2.24, 2.45) is 5.73 Å². The minimum Gasteiger partial charge on any atom is -0.382 e. The summed E-state index contributed by atoms with van der Waals surface area (Å²) < 4.78 is 10.2. The smallest absolute Gasteiger partial charge is 0.0700 e. The van der Waals surface area contributed by atoms with Crippen molar-refractivity contribution in [1.29, 1.82) is 0 Å². The summed E-state index contributed by atoms with van der Waals surface area (Å²) in [6, 6.07) is 0.374. The van der Waals surface area contributed by atoms with Crippen molar-refractivity contribution >= 4 is 0 Å². The first-order chi connectivity index (χ1) is 6.33. The lowest BCUT2D eigenvalue weighted by Gasteiger charge is -2.14. The maximum Gasteiger partial charge on any atom is 0.0700 e. The molecule has 0 aliphatic carbocycles. The van der Waals surface area contributed by atoms with E-state index in [0.29, 0.717) is 19.3 Å². The number of nitrogens with zero attached hydrogens (tertiary/aromatic N) is 1. The van der Waals surface area contributed by atoms with Crippen molar-refractivity contribution in [3.8, 4) is 0 Å². The van der Waals surface area contributed by atoms with Crippen molar-refractivity contribution in [3.63, 3.8) is 0 Å². The summed E-state index contributed by atoms with van der Waals surface area (Å²) in [5, 5.41) is 0. The Hall–Kier alpha value is -0.160. The second kappa shape index (κ2) is 6.32. The fraction of sp³-hybridized carbons (Fsp3) is 1.00. The van der Waals surface area contributed by atoms with E-state index >= 15 is 0 Å². The van der Waals surface area contributed by atoms with Crippen LogP contribution in [-0.4, -0.2) is 57.5 Å². The van der Waals surface area contributed by atoms with Crippen molar-refractivity contribution in [3.05, 3.63) is 0 Å². The van der Waals surface area contributed by atoms with Gasteiger partial charge in [0.05, 0.1) is 19.8 Å². The molecule has 4 heteroatoms. The van der Waals surface area contributed by atoms with Crippen molar-refractivity contribution in [2.45, 2.75) is 12.5 Å². The van der Waals surface area contributed by atoms with Gasteiger partial charge in [-0.2, -0.15) is 0 Å². The number of rotatable bonds is 6. The molecule has 0 aromatic heterocycles. The van der Waals surface area contributed by atoms with Crippen LogP contribution in [0.5, 0.6) is 0 Å². The predicted molar refractivity (Wildman–Crippen MR) is 51.7 cm³/mol. The summed E-state index contributed by atoms with van der Waals surface area (Å²) in [6.07, 6.45) is 1.12. The molecule has 1 heterocycles. The molecule has 1 atom stereocenters. The van der Waals surface area contributed by atoms with Crippen LogP contribution in [0.2, 0.25) is 0 Å². The standard InChI is InChI=1S/C9H20N2O2/c1-12-6-7-13-5-4-11-3-2-9(10)8-11/h9H,2-8,10H2,1H3. The third-order valence-electron chi connectivity index (χ3n) is 2.29. The predicted octanol–water partition coefficient (Wildman–Crippen LogP) is -0.318. The average molecular weight is 188 g/mol. The molecule has 1 fully saturated rings. The van der Waals surface area contributed by atoms with Crippen LogP contribution in [0.1, 0.15) is 6.42 Å². The highest BCUT2D eigenvalue weighted by atomic mass is 16.5. The molecule has 1 rings (SSSR count). The number of hydrogen-bond donors (Lipinski definition) is 1. The molecule has 2 N–H and O–H groups in total. The molecule has 1 aliphatic rings. The van der Waals surface area contributed by atoms with E-state index in [0.717, 1.165) is 32.7 Å². The second-order valence-electron chi connectivity index (χ2n) is 3.45. The molecule has 1 aliphatic heterocycles. The van der Waals surface area contributed by atoms with Crippen LogP contribution < -0.4 is 5.73 Å². The van der Waals surface area contributed by atoms with Crippen molar-refractivity contribution in [1.82, 2.24) is 4.90 Å². The fourth-order valence-electron chi connectivity index (χ4n) is 1.50. The van der Waals surface area contributed by atoms with Gasteiger partial charge >= 0.3 is 0 Å². The van der Waals surface area contributed by atoms with Gasteiger partial charge in [-0.15, -0.1) is 0 Å². The van der Waals surface area contributed by atoms with Gasteiger partial charge in [-0.1, -0.05) is 0 Å². The van der Waals surface area contributed by atoms with Gasteiger partial charge in [-0.25, -0.2) is 0 Å². The number of likely N-dealkylation sites (tertiary alicyclic amines) is 1. The van der Waals surface area contributed by atoms with Crippen LogP contribution in [-0.2, 0) is 9.47 Å². The Bertz CT molecular complexity index is 133. The monoisotopic (exact) mass is 188 g/mol. The number of methoxy groups -OCH3 is 1. The summed E-state index contributed by atoms with van der Waals surface area (Å²) in [7, 11) is 1.68. The van der Waals surface area contributed by atoms with Crippen LogP contribution in [0.4, 0.5) is 0 Å². The molecule has 0 amide bonds. The van der Waals surface area contributed by atoms with Crippen LogP contribution in [0, 0.1) is 0 Å². The number of hydrogen-bond acceptors (Lipinski definition) is 4. The molecule has 78 valence electrons. The van der Waals surface area contributed by atoms with E-state index in [1.807, 2.05) is 0 Å². The molecule has 13 heavy (non-hydrogen) atoms. The lowest BCUT2D eigenvalue weighted by Crippen LogP contribution is -2.29. The zero-order chi connectivity index (χ0) is 9.52. The maximum absolute atomic E-state index is 5.77. The van der Waals surface area contributed by atoms with E-state index in [4.69, 9.17) is 15.2 Å². The topological polar surface area (TPSA) is 47.7 Å². The van der Waals surface area contributed by atoms with Gasteiger partial charge in [0, 0.05) is 26.2 Å². The summed E-state index contributed by atoms with van der Waals surface area (Å²) in [6.45, 7) is 5.30. The van der Waals surface area contributed by atoms with Crippen molar-refractivity contribution < 1.29 is 9.47 Å². The van der Waals surface area contributed by atoms with E-state index in [-0.39, 0.29) is 0 Å². The van der Waals surface area contributed by atoms with Gasteiger partial charge in [0.2, 0.25) is 0 Å². The van der Waals surface area contributed by atoms with E-state index in [9.17, 15) is 0 Å². The Morgan fingerprint density at radius 3 is 2.85 bits per heavy atom. The van der Waals surface area contributed by atoms with Gasteiger partial charge < -0.3 is 15.2 Å². The van der Waals surface area contributed by atoms with Gasteiger partial charge in [0.15, 0.2) is 0 Å². The third kappa shape index (κ3) is 4.57. The van der Waals surface area contributed by atoms with E-state index in [1.54, 1.807) is 7.11 Å². The second-order valence-corrected chi connectivity index (χ2v) is 3.45. The lowest BCUT2D eigenvalue weighted by atomic mass is 10.3. The first-order valence-corrected chi connectivity index (χ1v) is 4.87. The normalized spacial score (nSPS) is 24.0. The van der Waals surface area contributed by atoms with Gasteiger partial charge in [0.1, 0.15) is 0 Å². The molecule has 0 radical (unpaired) electrons. The molecule has 4 nitrogen and oxygen atoms in total. The third-order valence-corrected chi connectivity index (χ3v) is 2.29. The number of ether oxygens (including phenoxy) is 2. The molecule has 0 bridgehead atoms. The average Bonchev–Trinajstić information content (AvgIpc) is 2.51. The van der Waals surface area contributed by atoms with Crippen LogP contribution >= 0.6 is 0 Å². The summed E-state index contributed by atoms with van der Waals surface area (Å²) in [5.41, 5.74) is 5.77. The largest absolute Gasteiger partial charge is 0.382 e. The van der Waals surface area contributed by atoms with Gasteiger partial charge in [-0.05, 0) is 13.0 Å². The first kappa shape index (κ1) is 10.9. The van der Waals surface area contributed by atoms with Gasteiger partial charge in [-0.3, -0.25) is 4.90 Å². The molecule has 0 aromatic carbocycles. The summed E-state index contributed by atoms with van der Waals surface area (Å²) in [4.78, 5) is 2.34. The highest BCUT2D eigenvalue weighted by molar-refractivity contribution is 4.77. The highest BCUT2D eigenvalue weighted by Crippen LogP contribution is 2.05. The SMILES string of the molecule is COCCOCCN1CCC(N)C1. The molecule has 1 saturated heterocycles. The zero-order valence-corrected chi connectivity index (χ0v) is 8.37. The maximum atomic E-state index is 5.77. The molecule has 0 aromatic rings. The van der Waals surface area contributed by atoms with Gasteiger partial charge in [0.25, 0.3) is 0 Å². The molecule has 0 spiro atoms. The van der Waals surface area contributed by atoms with Crippen LogP contribution in [0.25, 0.3) is 0 Å². The Morgan fingerprint density at radius 1 is 1.38 bits per heavy atom. The minimum atomic E-state index is 0.374. The minimum absolute atomic E-state index is 0.374. The molecule has 0 saturated carbocycles. The molecular weight excluding hydrogens is 168 g/mol. The summed E-state index contributed by atoms with van der Waals surface area (Å²) in [5.74, 6) is 0. The van der Waals surface area contributed by atoms with Crippen molar-refractivity contribution in [2.75, 3.05) is 46.6 Å². The lowest BCUT2D eigenvalue weighted by molar-refractivity contribution is 0.0602. The molecule has 1 unspecified atom stereocenters. The first-order valence-electron chi connectivity index (χ1n) is 4.87. The van der Waals surface area contributed by atoms with E-state index in [2.05, 4.69) is 4.90 Å². The summed E-state index contributed by atoms with van der Waals surface area (Å²) >= 11 is 0. The molecular formula is C9H20N2O2. The fourth-order valence-corrected chi connectivity index (χ4v) is 1.50. The Morgan fingerprint density at radius 2 is 2.23 bits per heavy atom. The highest BCUT2D eigenvalue weighted by Gasteiger charge is 2.17. The Kier molecular flexibility index (Phi) is 5.31. The van der Waals surface area contributed by atoms with Crippen LogP contribution in [0.3, 0.4) is 0 Å².